The largest absolute Gasteiger partial charge is 0.379 e. The molecular formula is C9H14N4O2. The first-order valence-electron chi connectivity index (χ1n) is 4.87. The molecule has 15 heavy (non-hydrogen) atoms. The first-order valence-corrected chi connectivity index (χ1v) is 4.87. The Kier molecular flexibility index (Phi) is 2.13. The number of hydrogen-bond acceptors (Lipinski definition) is 5. The van der Waals surface area contributed by atoms with Crippen molar-refractivity contribution in [1.29, 1.82) is 0 Å². The van der Waals surface area contributed by atoms with Crippen LogP contribution >= 0.6 is 0 Å². The Morgan fingerprint density at radius 2 is 2.27 bits per heavy atom. The first kappa shape index (κ1) is 9.95. The van der Waals surface area contributed by atoms with Gasteiger partial charge in [0.15, 0.2) is 0 Å². The molecule has 0 radical (unpaired) electrons. The van der Waals surface area contributed by atoms with Gasteiger partial charge in [0.2, 0.25) is 11.5 Å². The van der Waals surface area contributed by atoms with Crippen molar-refractivity contribution in [2.75, 3.05) is 18.8 Å². The molecule has 0 spiro atoms. The van der Waals surface area contributed by atoms with E-state index in [9.17, 15) is 4.79 Å². The Hall–Kier alpha value is -1.59. The Balaban J connectivity index is 2.14. The summed E-state index contributed by atoms with van der Waals surface area (Å²) in [6, 6.07) is 0. The van der Waals surface area contributed by atoms with Crippen molar-refractivity contribution in [3.05, 3.63) is 5.69 Å². The number of carbonyl (C=O) groups excluding carboxylic acids is 1. The van der Waals surface area contributed by atoms with Crippen LogP contribution < -0.4 is 5.73 Å². The number of amides is 1. The number of likely N-dealkylation sites (tertiary alicyclic amines) is 1. The lowest BCUT2D eigenvalue weighted by atomic mass is 9.93. The maximum atomic E-state index is 11.9. The normalized spacial score (nSPS) is 19.5. The molecule has 0 atom stereocenters. The lowest BCUT2D eigenvalue weighted by Crippen LogP contribution is -2.31. The number of anilines is 1. The van der Waals surface area contributed by atoms with Crippen LogP contribution in [0.4, 0.5) is 5.82 Å². The maximum absolute atomic E-state index is 11.9. The summed E-state index contributed by atoms with van der Waals surface area (Å²) < 4.78 is 4.41. The van der Waals surface area contributed by atoms with Crippen molar-refractivity contribution in [2.24, 2.45) is 5.41 Å². The van der Waals surface area contributed by atoms with E-state index >= 15 is 0 Å². The van der Waals surface area contributed by atoms with E-state index in [1.165, 1.54) is 0 Å². The molecule has 1 aliphatic heterocycles. The zero-order valence-corrected chi connectivity index (χ0v) is 8.86. The van der Waals surface area contributed by atoms with Crippen LogP contribution in [0.5, 0.6) is 0 Å². The van der Waals surface area contributed by atoms with E-state index in [1.54, 1.807) is 4.90 Å². The molecule has 0 bridgehead atoms. The van der Waals surface area contributed by atoms with Gasteiger partial charge in [0, 0.05) is 13.1 Å². The number of nitrogen functional groups attached to an aromatic ring is 1. The highest BCUT2D eigenvalue weighted by Crippen LogP contribution is 2.29. The fourth-order valence-corrected chi connectivity index (χ4v) is 1.78. The zero-order valence-electron chi connectivity index (χ0n) is 8.86. The standard InChI is InChI=1S/C9H14N4O2/c1-9(2)3-4-13(5-9)8(14)6-7(10)12-15-11-6/h3-5H2,1-2H3,(H2,10,12). The first-order chi connectivity index (χ1) is 6.99. The highest BCUT2D eigenvalue weighted by Gasteiger charge is 2.34. The number of nitrogens with zero attached hydrogens (tertiary/aromatic N) is 3. The van der Waals surface area contributed by atoms with Gasteiger partial charge in [0.05, 0.1) is 0 Å². The lowest BCUT2D eigenvalue weighted by Gasteiger charge is -2.18. The van der Waals surface area contributed by atoms with Crippen molar-refractivity contribution < 1.29 is 9.42 Å². The Morgan fingerprint density at radius 1 is 1.53 bits per heavy atom. The van der Waals surface area contributed by atoms with Gasteiger partial charge in [0.25, 0.3) is 5.91 Å². The molecule has 2 heterocycles. The van der Waals surface area contributed by atoms with Crippen molar-refractivity contribution >= 4 is 11.7 Å². The third kappa shape index (κ3) is 1.79. The zero-order chi connectivity index (χ0) is 11.1. The molecule has 1 saturated heterocycles. The van der Waals surface area contributed by atoms with Gasteiger partial charge in [-0.05, 0) is 22.1 Å². The van der Waals surface area contributed by atoms with Crippen LogP contribution in [0.2, 0.25) is 0 Å². The Labute approximate surface area is 87.4 Å². The smallest absolute Gasteiger partial charge is 0.280 e. The molecule has 0 aromatic carbocycles. The molecule has 0 unspecified atom stereocenters. The second-order valence-electron chi connectivity index (χ2n) is 4.64. The maximum Gasteiger partial charge on any atom is 0.280 e. The molecule has 1 aromatic heterocycles. The highest BCUT2D eigenvalue weighted by molar-refractivity contribution is 5.96. The molecule has 1 fully saturated rings. The van der Waals surface area contributed by atoms with Crippen molar-refractivity contribution in [1.82, 2.24) is 15.2 Å². The van der Waals surface area contributed by atoms with Gasteiger partial charge in [-0.15, -0.1) is 0 Å². The van der Waals surface area contributed by atoms with Gasteiger partial charge < -0.3 is 10.6 Å². The molecule has 6 nitrogen and oxygen atoms in total. The number of hydrogen-bond donors (Lipinski definition) is 1. The van der Waals surface area contributed by atoms with E-state index in [0.717, 1.165) is 19.5 Å². The minimum atomic E-state index is -0.195. The summed E-state index contributed by atoms with van der Waals surface area (Å²) in [5.41, 5.74) is 5.75. The number of nitrogens with two attached hydrogens (primary N) is 1. The highest BCUT2D eigenvalue weighted by atomic mass is 16.6. The summed E-state index contributed by atoms with van der Waals surface area (Å²) in [4.78, 5) is 13.6. The third-order valence-corrected chi connectivity index (χ3v) is 2.68. The average molecular weight is 210 g/mol. The van der Waals surface area contributed by atoms with Gasteiger partial charge in [0.1, 0.15) is 0 Å². The van der Waals surface area contributed by atoms with Crippen LogP contribution in [0.15, 0.2) is 4.63 Å². The molecule has 0 aliphatic carbocycles. The average Bonchev–Trinajstić information content (AvgIpc) is 2.71. The van der Waals surface area contributed by atoms with Crippen molar-refractivity contribution in [2.45, 2.75) is 20.3 Å². The summed E-state index contributed by atoms with van der Waals surface area (Å²) in [6.07, 6.45) is 0.990. The predicted octanol–water partition coefficient (Wildman–Crippen LogP) is 0.524. The lowest BCUT2D eigenvalue weighted by molar-refractivity contribution is 0.0768. The van der Waals surface area contributed by atoms with E-state index in [1.807, 2.05) is 0 Å². The summed E-state index contributed by atoms with van der Waals surface area (Å²) in [7, 11) is 0. The molecule has 1 aromatic rings. The quantitative estimate of drug-likeness (QED) is 0.730. The van der Waals surface area contributed by atoms with E-state index in [4.69, 9.17) is 5.73 Å². The Bertz CT molecular complexity index is 385. The van der Waals surface area contributed by atoms with E-state index in [0.29, 0.717) is 0 Å². The molecule has 2 N–H and O–H groups in total. The van der Waals surface area contributed by atoms with Crippen LogP contribution in [0.25, 0.3) is 0 Å². The van der Waals surface area contributed by atoms with Crippen LogP contribution in [0.1, 0.15) is 30.8 Å². The van der Waals surface area contributed by atoms with Crippen LogP contribution in [0, 0.1) is 5.41 Å². The monoisotopic (exact) mass is 210 g/mol. The summed E-state index contributed by atoms with van der Waals surface area (Å²) in [6.45, 7) is 5.71. The molecular weight excluding hydrogens is 196 g/mol. The molecule has 1 aliphatic rings. The number of aromatic nitrogens is 2. The van der Waals surface area contributed by atoms with Gasteiger partial charge in [-0.3, -0.25) is 4.79 Å². The van der Waals surface area contributed by atoms with E-state index in [-0.39, 0.29) is 22.8 Å². The third-order valence-electron chi connectivity index (χ3n) is 2.68. The molecule has 2 rings (SSSR count). The van der Waals surface area contributed by atoms with E-state index < -0.39 is 0 Å². The summed E-state index contributed by atoms with van der Waals surface area (Å²) in [5, 5.41) is 6.90. The Morgan fingerprint density at radius 3 is 2.73 bits per heavy atom. The van der Waals surface area contributed by atoms with E-state index in [2.05, 4.69) is 28.8 Å². The van der Waals surface area contributed by atoms with Gasteiger partial charge in [-0.2, -0.15) is 0 Å². The minimum Gasteiger partial charge on any atom is -0.379 e. The van der Waals surface area contributed by atoms with Crippen LogP contribution in [-0.2, 0) is 0 Å². The van der Waals surface area contributed by atoms with Gasteiger partial charge >= 0.3 is 0 Å². The molecule has 0 saturated carbocycles. The van der Waals surface area contributed by atoms with Crippen LogP contribution in [-0.4, -0.2) is 34.2 Å². The number of carbonyl (C=O) groups is 1. The summed E-state index contributed by atoms with van der Waals surface area (Å²) >= 11 is 0. The van der Waals surface area contributed by atoms with Crippen molar-refractivity contribution in [3.8, 4) is 0 Å². The van der Waals surface area contributed by atoms with Gasteiger partial charge in [-0.25, -0.2) is 4.63 Å². The summed E-state index contributed by atoms with van der Waals surface area (Å²) in [5.74, 6) is -0.135. The fourth-order valence-electron chi connectivity index (χ4n) is 1.78. The second-order valence-corrected chi connectivity index (χ2v) is 4.64. The molecule has 1 amide bonds. The fraction of sp³-hybridized carbons (Fsp3) is 0.667. The van der Waals surface area contributed by atoms with Crippen LogP contribution in [0.3, 0.4) is 0 Å². The second kappa shape index (κ2) is 3.22. The SMILES string of the molecule is CC1(C)CCN(C(=O)c2nonc2N)C1. The van der Waals surface area contributed by atoms with Gasteiger partial charge in [-0.1, -0.05) is 13.8 Å². The minimum absolute atomic E-state index is 0.0599. The predicted molar refractivity (Wildman–Crippen MR) is 53.0 cm³/mol. The topological polar surface area (TPSA) is 85.2 Å². The molecule has 6 heteroatoms. The molecule has 82 valence electrons. The van der Waals surface area contributed by atoms with Crippen molar-refractivity contribution in [3.63, 3.8) is 0 Å². The number of rotatable bonds is 1.